The predicted octanol–water partition coefficient (Wildman–Crippen LogP) is 3.25. The third kappa shape index (κ3) is 4.52. The van der Waals surface area contributed by atoms with Gasteiger partial charge in [-0.25, -0.2) is 4.98 Å². The fourth-order valence-electron chi connectivity index (χ4n) is 1.97. The van der Waals surface area contributed by atoms with E-state index in [1.54, 1.807) is 18.2 Å². The van der Waals surface area contributed by atoms with Crippen molar-refractivity contribution in [1.82, 2.24) is 9.97 Å². The first-order valence-electron chi connectivity index (χ1n) is 9.50. The molecular formula is C15H19Cl2N3O2. The van der Waals surface area contributed by atoms with Crippen molar-refractivity contribution in [1.29, 1.82) is 0 Å². The third-order valence-electron chi connectivity index (χ3n) is 2.89. The molecule has 0 aliphatic rings. The van der Waals surface area contributed by atoms with E-state index in [-0.39, 0.29) is 0 Å². The van der Waals surface area contributed by atoms with Gasteiger partial charge in [-0.1, -0.05) is 0 Å². The van der Waals surface area contributed by atoms with E-state index in [9.17, 15) is 4.79 Å². The number of carboxylic acid groups (broad SMARTS) is 1. The minimum absolute atomic E-state index is 0.325. The number of alkyl halides is 2. The van der Waals surface area contributed by atoms with Gasteiger partial charge < -0.3 is 15.0 Å². The SMILES string of the molecule is [2H]C([2H])(C(=O)O)C([2H])([2H])C([2H])([2H])c1nc2ccc(N(CCCl)CCCl)cc2[nH]1. The number of aromatic nitrogens is 2. The number of benzene rings is 1. The number of hydrogen-bond donors (Lipinski definition) is 2. The number of carbonyl (C=O) groups is 1. The van der Waals surface area contributed by atoms with Gasteiger partial charge in [-0.2, -0.15) is 0 Å². The second-order valence-corrected chi connectivity index (χ2v) is 5.09. The number of nitrogens with one attached hydrogen (secondary N) is 1. The molecule has 0 amide bonds. The number of carboxylic acids is 1. The van der Waals surface area contributed by atoms with Crippen LogP contribution in [0.25, 0.3) is 11.0 Å². The van der Waals surface area contributed by atoms with Crippen molar-refractivity contribution < 1.29 is 18.1 Å². The maximum Gasteiger partial charge on any atom is 0.303 e. The lowest BCUT2D eigenvalue weighted by molar-refractivity contribution is -0.137. The molecule has 0 atom stereocenters. The Bertz CT molecular complexity index is 855. The molecule has 0 radical (unpaired) electrons. The summed E-state index contributed by atoms with van der Waals surface area (Å²) in [6.45, 7) is 1.06. The van der Waals surface area contributed by atoms with E-state index < -0.39 is 30.9 Å². The Balaban J connectivity index is 2.49. The molecule has 0 aliphatic carbocycles. The molecule has 5 nitrogen and oxygen atoms in total. The molecule has 0 fully saturated rings. The van der Waals surface area contributed by atoms with Crippen LogP contribution in [0.2, 0.25) is 0 Å². The molecule has 0 saturated carbocycles. The van der Waals surface area contributed by atoms with Crippen LogP contribution < -0.4 is 4.90 Å². The molecule has 0 spiro atoms. The topological polar surface area (TPSA) is 69.2 Å². The van der Waals surface area contributed by atoms with Crippen LogP contribution in [-0.2, 0) is 11.2 Å². The van der Waals surface area contributed by atoms with Crippen molar-refractivity contribution in [3.63, 3.8) is 0 Å². The molecule has 2 aromatic rings. The average molecular weight is 350 g/mol. The van der Waals surface area contributed by atoms with Crippen molar-refractivity contribution >= 4 is 45.9 Å². The summed E-state index contributed by atoms with van der Waals surface area (Å²) in [4.78, 5) is 19.7. The standard InChI is InChI=1S/C15H19Cl2N3O2/c16-6-8-20(9-7-17)11-4-5-12-13(10-11)19-14(18-12)2-1-3-15(21)22/h4-5,10H,1-3,6-9H2,(H,18,19)(H,21,22)/i1D2,2D2,3D2. The monoisotopic (exact) mass is 349 g/mol. The van der Waals surface area contributed by atoms with Gasteiger partial charge in [0.25, 0.3) is 0 Å². The summed E-state index contributed by atoms with van der Waals surface area (Å²) in [5, 5.41) is 8.99. The third-order valence-corrected chi connectivity index (χ3v) is 3.23. The van der Waals surface area contributed by atoms with E-state index in [4.69, 9.17) is 36.5 Å². The van der Waals surface area contributed by atoms with E-state index in [0.29, 0.717) is 35.9 Å². The van der Waals surface area contributed by atoms with E-state index in [1.807, 2.05) is 4.90 Å². The minimum atomic E-state index is -3.47. The van der Waals surface area contributed by atoms with E-state index >= 15 is 0 Å². The zero-order valence-electron chi connectivity index (χ0n) is 17.6. The zero-order chi connectivity index (χ0) is 21.3. The lowest BCUT2D eigenvalue weighted by atomic mass is 10.2. The molecule has 0 aliphatic heterocycles. The Kier molecular flexibility index (Phi) is 3.88. The summed E-state index contributed by atoms with van der Waals surface area (Å²) in [6, 6.07) is 4.99. The first kappa shape index (κ1) is 10.3. The highest BCUT2D eigenvalue weighted by Crippen LogP contribution is 2.21. The molecule has 1 aromatic heterocycles. The number of anilines is 1. The highest BCUT2D eigenvalue weighted by Gasteiger charge is 2.09. The van der Waals surface area contributed by atoms with Crippen molar-refractivity contribution in [3.8, 4) is 0 Å². The van der Waals surface area contributed by atoms with Gasteiger partial charge in [0.1, 0.15) is 5.82 Å². The van der Waals surface area contributed by atoms with Gasteiger partial charge in [0.15, 0.2) is 0 Å². The summed E-state index contributed by atoms with van der Waals surface area (Å²) in [5.41, 5.74) is 1.46. The van der Waals surface area contributed by atoms with Crippen molar-refractivity contribution in [2.75, 3.05) is 29.7 Å². The van der Waals surface area contributed by atoms with E-state index in [1.165, 1.54) is 0 Å². The maximum atomic E-state index is 11.1. The summed E-state index contributed by atoms with van der Waals surface area (Å²) in [5.74, 6) is -1.86. The number of H-pyrrole nitrogens is 1. The van der Waals surface area contributed by atoms with Crippen molar-refractivity contribution in [2.45, 2.75) is 19.1 Å². The number of aryl methyl sites for hydroxylation is 1. The maximum absolute atomic E-state index is 11.1. The summed E-state index contributed by atoms with van der Waals surface area (Å²) in [6.07, 6.45) is -9.91. The first-order valence-corrected chi connectivity index (χ1v) is 7.57. The lowest BCUT2D eigenvalue weighted by Crippen LogP contribution is -2.27. The van der Waals surface area contributed by atoms with Crippen LogP contribution in [-0.4, -0.2) is 45.9 Å². The molecule has 0 bridgehead atoms. The number of aliphatic carboxylic acids is 1. The van der Waals surface area contributed by atoms with Crippen molar-refractivity contribution in [2.24, 2.45) is 0 Å². The number of aromatic amines is 1. The van der Waals surface area contributed by atoms with Gasteiger partial charge in [-0.3, -0.25) is 4.79 Å². The van der Waals surface area contributed by atoms with Crippen LogP contribution in [0.5, 0.6) is 0 Å². The van der Waals surface area contributed by atoms with Crippen LogP contribution in [0.4, 0.5) is 5.69 Å². The molecular weight excluding hydrogens is 325 g/mol. The molecule has 2 N–H and O–H groups in total. The van der Waals surface area contributed by atoms with Crippen LogP contribution in [0, 0.1) is 0 Å². The smallest absolute Gasteiger partial charge is 0.303 e. The number of hydrogen-bond acceptors (Lipinski definition) is 3. The molecule has 7 heteroatoms. The molecule has 1 heterocycles. The fraction of sp³-hybridized carbons (Fsp3) is 0.467. The van der Waals surface area contributed by atoms with Crippen LogP contribution in [0.3, 0.4) is 0 Å². The predicted molar refractivity (Wildman–Crippen MR) is 90.3 cm³/mol. The molecule has 22 heavy (non-hydrogen) atoms. The highest BCUT2D eigenvalue weighted by molar-refractivity contribution is 6.18. The zero-order valence-corrected chi connectivity index (χ0v) is 13.1. The number of imidazole rings is 1. The minimum Gasteiger partial charge on any atom is -0.481 e. The van der Waals surface area contributed by atoms with Crippen LogP contribution in [0.1, 0.15) is 26.8 Å². The van der Waals surface area contributed by atoms with Gasteiger partial charge in [-0.05, 0) is 24.6 Å². The number of rotatable bonds is 9. The second-order valence-electron chi connectivity index (χ2n) is 4.33. The highest BCUT2D eigenvalue weighted by atomic mass is 35.5. The van der Waals surface area contributed by atoms with Crippen molar-refractivity contribution in [3.05, 3.63) is 24.0 Å². The van der Waals surface area contributed by atoms with Gasteiger partial charge in [0.2, 0.25) is 0 Å². The first-order chi connectivity index (χ1) is 12.9. The Hall–Kier alpha value is -1.46. The Morgan fingerprint density at radius 3 is 2.73 bits per heavy atom. The Morgan fingerprint density at radius 2 is 2.09 bits per heavy atom. The fourth-order valence-corrected chi connectivity index (χ4v) is 2.38. The average Bonchev–Trinajstić information content (AvgIpc) is 3.05. The molecule has 120 valence electrons. The Morgan fingerprint density at radius 1 is 1.36 bits per heavy atom. The number of fused-ring (bicyclic) bond motifs is 1. The van der Waals surface area contributed by atoms with Gasteiger partial charge in [0, 0.05) is 51.5 Å². The van der Waals surface area contributed by atoms with Gasteiger partial charge >= 0.3 is 5.97 Å². The summed E-state index contributed by atoms with van der Waals surface area (Å²) < 4.78 is 46.8. The quantitative estimate of drug-likeness (QED) is 0.681. The van der Waals surface area contributed by atoms with Crippen LogP contribution >= 0.6 is 23.2 Å². The van der Waals surface area contributed by atoms with Gasteiger partial charge in [0.05, 0.1) is 11.0 Å². The Labute approximate surface area is 147 Å². The number of nitrogens with zero attached hydrogens (tertiary/aromatic N) is 2. The largest absolute Gasteiger partial charge is 0.481 e. The van der Waals surface area contributed by atoms with E-state index in [2.05, 4.69) is 9.97 Å². The van der Waals surface area contributed by atoms with Crippen LogP contribution in [0.15, 0.2) is 18.2 Å². The summed E-state index contributed by atoms with van der Waals surface area (Å²) >= 11 is 11.6. The lowest BCUT2D eigenvalue weighted by Gasteiger charge is -2.22. The van der Waals surface area contributed by atoms with E-state index in [0.717, 1.165) is 5.69 Å². The normalized spacial score (nSPS) is 17.0. The molecule has 2 rings (SSSR count). The molecule has 1 aromatic carbocycles. The summed E-state index contributed by atoms with van der Waals surface area (Å²) in [7, 11) is 0. The second kappa shape index (κ2) is 8.25. The van der Waals surface area contributed by atoms with Gasteiger partial charge in [-0.15, -0.1) is 23.2 Å². The molecule has 0 unspecified atom stereocenters. The molecule has 0 saturated heterocycles. The number of halogens is 2.